The van der Waals surface area contributed by atoms with Gasteiger partial charge in [-0.05, 0) is 60.2 Å². The zero-order chi connectivity index (χ0) is 24.5. The minimum Gasteiger partial charge on any atom is -0.493 e. The molecule has 34 heavy (non-hydrogen) atoms. The van der Waals surface area contributed by atoms with Crippen LogP contribution in [0.15, 0.2) is 76.0 Å². The van der Waals surface area contributed by atoms with Gasteiger partial charge < -0.3 is 13.9 Å². The summed E-state index contributed by atoms with van der Waals surface area (Å²) < 4.78 is 56.4. The lowest BCUT2D eigenvalue weighted by molar-refractivity contribution is -0.114. The number of carbonyl (C=O) groups is 2. The Morgan fingerprint density at radius 3 is 2.47 bits per heavy atom. The summed E-state index contributed by atoms with van der Waals surface area (Å²) in [5, 5.41) is 4.51. The summed E-state index contributed by atoms with van der Waals surface area (Å²) in [5.74, 6) is -1.73. The molecular formula is C23H14ClF3N2O5. The Kier molecular flexibility index (Phi) is 6.16. The van der Waals surface area contributed by atoms with Crippen LogP contribution in [0.3, 0.4) is 0 Å². The number of hydrazone groups is 1. The molecule has 0 saturated heterocycles. The fraction of sp³-hybridized carbons (Fsp3) is 0.0870. The van der Waals surface area contributed by atoms with Crippen molar-refractivity contribution >= 4 is 41.0 Å². The first-order chi connectivity index (χ1) is 16.2. The van der Waals surface area contributed by atoms with Crippen LogP contribution in [0.5, 0.6) is 11.5 Å². The van der Waals surface area contributed by atoms with E-state index in [4.69, 9.17) is 25.5 Å². The molecule has 2 heterocycles. The van der Waals surface area contributed by atoms with Gasteiger partial charge in [-0.15, -0.1) is 0 Å². The number of carbonyl (C=O) groups excluding carboxylic acids is 2. The van der Waals surface area contributed by atoms with E-state index in [1.165, 1.54) is 68.0 Å². The highest BCUT2D eigenvalue weighted by molar-refractivity contribution is 6.34. The molecule has 1 amide bonds. The SMILES string of the molecule is COc1cc(/C=C2\C(=O)N(c3ccc(Cl)cc3)N=C2C(F)(F)F)ccc1OC(=O)c1ccco1. The molecule has 0 radical (unpaired) electrons. The maximum absolute atomic E-state index is 13.7. The fourth-order valence-electron chi connectivity index (χ4n) is 3.08. The van der Waals surface area contributed by atoms with E-state index in [-0.39, 0.29) is 28.5 Å². The van der Waals surface area contributed by atoms with Gasteiger partial charge in [0.25, 0.3) is 5.91 Å². The Morgan fingerprint density at radius 1 is 1.12 bits per heavy atom. The average Bonchev–Trinajstić information content (AvgIpc) is 3.44. The maximum atomic E-state index is 13.7. The summed E-state index contributed by atoms with van der Waals surface area (Å²) in [6, 6.07) is 12.6. The Labute approximate surface area is 195 Å². The molecule has 2 aromatic carbocycles. The van der Waals surface area contributed by atoms with Crippen LogP contribution in [0.2, 0.25) is 5.02 Å². The number of amides is 1. The topological polar surface area (TPSA) is 81.3 Å². The highest BCUT2D eigenvalue weighted by Gasteiger charge is 2.46. The number of benzene rings is 2. The molecule has 0 aliphatic carbocycles. The Bertz CT molecular complexity index is 1300. The number of furan rings is 1. The van der Waals surface area contributed by atoms with E-state index in [0.29, 0.717) is 10.0 Å². The van der Waals surface area contributed by atoms with Crippen molar-refractivity contribution in [3.63, 3.8) is 0 Å². The summed E-state index contributed by atoms with van der Waals surface area (Å²) in [6.07, 6.45) is -2.55. The number of nitrogens with zero attached hydrogens (tertiary/aromatic N) is 2. The normalized spacial score (nSPS) is 15.0. The van der Waals surface area contributed by atoms with E-state index >= 15 is 0 Å². The van der Waals surface area contributed by atoms with E-state index in [0.717, 1.165) is 6.08 Å². The number of methoxy groups -OCH3 is 1. The van der Waals surface area contributed by atoms with Gasteiger partial charge >= 0.3 is 12.1 Å². The summed E-state index contributed by atoms with van der Waals surface area (Å²) >= 11 is 5.81. The largest absolute Gasteiger partial charge is 0.493 e. The van der Waals surface area contributed by atoms with E-state index in [9.17, 15) is 22.8 Å². The first-order valence-corrected chi connectivity index (χ1v) is 9.97. The van der Waals surface area contributed by atoms with Crippen molar-refractivity contribution in [3.05, 3.63) is 82.8 Å². The number of hydrogen-bond donors (Lipinski definition) is 0. The minimum absolute atomic E-state index is 0.0105. The van der Waals surface area contributed by atoms with Crippen molar-refractivity contribution in [3.8, 4) is 11.5 Å². The zero-order valence-electron chi connectivity index (χ0n) is 17.3. The minimum atomic E-state index is -4.88. The van der Waals surface area contributed by atoms with E-state index < -0.39 is 29.3 Å². The van der Waals surface area contributed by atoms with Crippen molar-refractivity contribution in [1.82, 2.24) is 0 Å². The molecular weight excluding hydrogens is 477 g/mol. The molecule has 0 N–H and O–H groups in total. The summed E-state index contributed by atoms with van der Waals surface area (Å²) in [5.41, 5.74) is -1.70. The lowest BCUT2D eigenvalue weighted by atomic mass is 10.1. The predicted octanol–water partition coefficient (Wildman–Crippen LogP) is 5.51. The van der Waals surface area contributed by atoms with Crippen molar-refractivity contribution in [2.75, 3.05) is 12.1 Å². The molecule has 3 aromatic rings. The molecule has 0 spiro atoms. The second-order valence-electron chi connectivity index (χ2n) is 6.87. The zero-order valence-corrected chi connectivity index (χ0v) is 18.1. The van der Waals surface area contributed by atoms with Gasteiger partial charge in [0.15, 0.2) is 17.2 Å². The molecule has 11 heteroatoms. The average molecular weight is 491 g/mol. The van der Waals surface area contributed by atoms with Crippen LogP contribution in [0.25, 0.3) is 6.08 Å². The maximum Gasteiger partial charge on any atom is 0.435 e. The Morgan fingerprint density at radius 2 is 1.85 bits per heavy atom. The lowest BCUT2D eigenvalue weighted by Gasteiger charge is -2.11. The first kappa shape index (κ1) is 23.1. The van der Waals surface area contributed by atoms with Gasteiger partial charge in [0.1, 0.15) is 0 Å². The van der Waals surface area contributed by atoms with E-state index in [2.05, 4.69) is 5.10 Å². The number of alkyl halides is 3. The van der Waals surface area contributed by atoms with E-state index in [1.807, 2.05) is 0 Å². The molecule has 1 aliphatic rings. The standard InChI is InChI=1S/C23H14ClF3N2O5/c1-32-19-12-13(4-9-17(19)34-22(31)18-3-2-10-33-18)11-16-20(23(25,26)27)28-29(21(16)30)15-7-5-14(24)6-8-15/h2-12H,1H3/b16-11-. The highest BCUT2D eigenvalue weighted by Crippen LogP contribution is 2.35. The number of halogens is 4. The first-order valence-electron chi connectivity index (χ1n) is 9.59. The molecule has 0 bridgehead atoms. The number of anilines is 1. The number of ether oxygens (including phenoxy) is 2. The fourth-order valence-corrected chi connectivity index (χ4v) is 3.21. The second kappa shape index (κ2) is 9.06. The Hall–Kier alpha value is -4.05. The molecule has 0 unspecified atom stereocenters. The van der Waals surface area contributed by atoms with Crippen LogP contribution in [-0.4, -0.2) is 30.9 Å². The third-order valence-electron chi connectivity index (χ3n) is 4.64. The van der Waals surface area contributed by atoms with Crippen LogP contribution in [0, 0.1) is 0 Å². The van der Waals surface area contributed by atoms with Crippen LogP contribution < -0.4 is 14.5 Å². The van der Waals surface area contributed by atoms with Gasteiger partial charge in [-0.3, -0.25) is 4.79 Å². The molecule has 0 saturated carbocycles. The quantitative estimate of drug-likeness (QED) is 0.268. The van der Waals surface area contributed by atoms with Crippen molar-refractivity contribution < 1.29 is 36.7 Å². The predicted molar refractivity (Wildman–Crippen MR) is 117 cm³/mol. The summed E-state index contributed by atoms with van der Waals surface area (Å²) in [6.45, 7) is 0. The molecule has 1 aromatic heterocycles. The summed E-state index contributed by atoms with van der Waals surface area (Å²) in [7, 11) is 1.29. The smallest absolute Gasteiger partial charge is 0.435 e. The van der Waals surface area contributed by atoms with Crippen LogP contribution in [0.1, 0.15) is 16.1 Å². The van der Waals surface area contributed by atoms with Crippen LogP contribution in [-0.2, 0) is 4.79 Å². The van der Waals surface area contributed by atoms with Crippen LogP contribution >= 0.6 is 11.6 Å². The lowest BCUT2D eigenvalue weighted by Crippen LogP contribution is -2.25. The van der Waals surface area contributed by atoms with Crippen molar-refractivity contribution in [1.29, 1.82) is 0 Å². The van der Waals surface area contributed by atoms with Gasteiger partial charge in [0, 0.05) is 5.02 Å². The van der Waals surface area contributed by atoms with Gasteiger partial charge in [-0.1, -0.05) is 17.7 Å². The van der Waals surface area contributed by atoms with Gasteiger partial charge in [0.2, 0.25) is 5.76 Å². The third kappa shape index (κ3) is 4.67. The number of rotatable bonds is 5. The molecule has 0 fully saturated rings. The Balaban J connectivity index is 1.67. The van der Waals surface area contributed by atoms with Crippen molar-refractivity contribution in [2.45, 2.75) is 6.18 Å². The van der Waals surface area contributed by atoms with Gasteiger partial charge in [-0.2, -0.15) is 23.3 Å². The van der Waals surface area contributed by atoms with Gasteiger partial charge in [-0.25, -0.2) is 4.79 Å². The number of hydrogen-bond acceptors (Lipinski definition) is 6. The monoisotopic (exact) mass is 490 g/mol. The molecule has 4 rings (SSSR count). The van der Waals surface area contributed by atoms with Crippen LogP contribution in [0.4, 0.5) is 18.9 Å². The van der Waals surface area contributed by atoms with Crippen molar-refractivity contribution in [2.24, 2.45) is 5.10 Å². The molecule has 0 atom stereocenters. The molecule has 1 aliphatic heterocycles. The van der Waals surface area contributed by atoms with Gasteiger partial charge in [0.05, 0.1) is 24.6 Å². The summed E-state index contributed by atoms with van der Waals surface area (Å²) in [4.78, 5) is 25.0. The highest BCUT2D eigenvalue weighted by atomic mass is 35.5. The third-order valence-corrected chi connectivity index (χ3v) is 4.89. The van der Waals surface area contributed by atoms with E-state index in [1.54, 1.807) is 0 Å². The number of esters is 1. The molecule has 174 valence electrons. The second-order valence-corrected chi connectivity index (χ2v) is 7.31. The molecule has 7 nitrogen and oxygen atoms in total.